The largest absolute Gasteiger partial charge is 0.444 e. The normalized spacial score (nSPS) is 17.8. The Morgan fingerprint density at radius 3 is 2.43 bits per heavy atom. The number of hydrogen-bond donors (Lipinski definition) is 3. The number of rotatable bonds is 8. The number of aromatic nitrogens is 4. The second kappa shape index (κ2) is 13.5. The number of carbonyl (C=O) groups excluding carboxylic acids is 3. The van der Waals surface area contributed by atoms with Crippen LogP contribution in [0.15, 0.2) is 46.9 Å². The van der Waals surface area contributed by atoms with Crippen molar-refractivity contribution in [3.63, 3.8) is 0 Å². The maximum Gasteiger partial charge on any atom is 0.407 e. The number of ether oxygens (including phenoxy) is 1. The van der Waals surface area contributed by atoms with Crippen molar-refractivity contribution < 1.29 is 23.5 Å². The summed E-state index contributed by atoms with van der Waals surface area (Å²) in [4.78, 5) is 40.8. The summed E-state index contributed by atoms with van der Waals surface area (Å²) in [6.45, 7) is 5.86. The van der Waals surface area contributed by atoms with Gasteiger partial charge in [-0.25, -0.2) is 14.1 Å². The smallest absolute Gasteiger partial charge is 0.407 e. The van der Waals surface area contributed by atoms with E-state index in [-0.39, 0.29) is 18.2 Å². The second-order valence-electron chi connectivity index (χ2n) is 11.5. The Labute approximate surface area is 251 Å². The number of halogens is 2. The van der Waals surface area contributed by atoms with E-state index in [9.17, 15) is 18.8 Å². The predicted octanol–water partition coefficient (Wildman–Crippen LogP) is 4.53. The molecule has 13 heteroatoms. The summed E-state index contributed by atoms with van der Waals surface area (Å²) >= 11 is 3.13. The Hall–Kier alpha value is -3.71. The molecule has 11 nitrogen and oxygen atoms in total. The van der Waals surface area contributed by atoms with E-state index in [0.717, 1.165) is 4.90 Å². The van der Waals surface area contributed by atoms with Crippen molar-refractivity contribution in [1.29, 1.82) is 0 Å². The predicted molar refractivity (Wildman–Crippen MR) is 158 cm³/mol. The number of tetrazole rings is 1. The van der Waals surface area contributed by atoms with Gasteiger partial charge in [0.25, 0.3) is 5.91 Å². The van der Waals surface area contributed by atoms with Gasteiger partial charge in [-0.3, -0.25) is 9.59 Å². The molecule has 3 amide bonds. The first kappa shape index (κ1) is 31.2. The van der Waals surface area contributed by atoms with Crippen LogP contribution in [0.4, 0.5) is 14.9 Å². The van der Waals surface area contributed by atoms with E-state index in [1.807, 2.05) is 0 Å². The number of anilines is 1. The summed E-state index contributed by atoms with van der Waals surface area (Å²) < 4.78 is 19.7. The van der Waals surface area contributed by atoms with E-state index in [1.54, 1.807) is 57.2 Å². The van der Waals surface area contributed by atoms with Crippen LogP contribution < -0.4 is 16.0 Å². The minimum atomic E-state index is -1.08. The van der Waals surface area contributed by atoms with Crippen molar-refractivity contribution in [3.8, 4) is 11.4 Å². The van der Waals surface area contributed by atoms with Crippen molar-refractivity contribution in [1.82, 2.24) is 25.9 Å². The molecule has 1 aromatic heterocycles. The Balaban J connectivity index is 1.47. The van der Waals surface area contributed by atoms with Crippen LogP contribution in [0.1, 0.15) is 52.0 Å². The monoisotopic (exact) mass is 643 g/mol. The zero-order chi connectivity index (χ0) is 30.4. The van der Waals surface area contributed by atoms with Crippen LogP contribution in [0, 0.1) is 17.7 Å². The molecule has 1 heterocycles. The van der Waals surface area contributed by atoms with Crippen molar-refractivity contribution >= 4 is 39.5 Å². The summed E-state index contributed by atoms with van der Waals surface area (Å²) in [5.41, 5.74) is 7.29. The zero-order valence-electron chi connectivity index (χ0n) is 23.8. The van der Waals surface area contributed by atoms with Crippen LogP contribution in [0.5, 0.6) is 0 Å². The van der Waals surface area contributed by atoms with Crippen LogP contribution in [-0.2, 0) is 20.7 Å². The number of nitrogens with two attached hydrogens (primary N) is 1. The molecular weight excluding hydrogens is 609 g/mol. The molecule has 1 aliphatic rings. The van der Waals surface area contributed by atoms with Gasteiger partial charge < -0.3 is 15.8 Å². The molecule has 0 aliphatic heterocycles. The Morgan fingerprint density at radius 2 is 1.83 bits per heavy atom. The van der Waals surface area contributed by atoms with Gasteiger partial charge in [0.05, 0.1) is 16.2 Å². The van der Waals surface area contributed by atoms with Gasteiger partial charge >= 0.3 is 6.09 Å². The lowest BCUT2D eigenvalue weighted by Gasteiger charge is -2.32. The summed E-state index contributed by atoms with van der Waals surface area (Å²) in [7, 11) is 0. The van der Waals surface area contributed by atoms with Crippen LogP contribution >= 0.6 is 15.9 Å². The van der Waals surface area contributed by atoms with E-state index in [2.05, 4.69) is 41.9 Å². The van der Waals surface area contributed by atoms with Gasteiger partial charge in [0, 0.05) is 18.0 Å². The molecule has 0 bridgehead atoms. The Kier molecular flexibility index (Phi) is 10.0. The topological polar surface area (TPSA) is 156 Å². The molecule has 0 radical (unpaired) electrons. The Bertz CT molecular complexity index is 1390. The molecule has 0 spiro atoms. The zero-order valence-corrected chi connectivity index (χ0v) is 25.4. The number of imide groups is 1. The number of H-pyrrole nitrogens is 1. The third-order valence-electron chi connectivity index (χ3n) is 7.06. The number of aromatic amines is 1. The summed E-state index contributed by atoms with van der Waals surface area (Å²) in [5.74, 6) is -1.23. The molecule has 1 saturated carbocycles. The molecule has 42 heavy (non-hydrogen) atoms. The quantitative estimate of drug-likeness (QED) is 0.323. The van der Waals surface area contributed by atoms with Crippen LogP contribution in [-0.4, -0.2) is 56.7 Å². The molecule has 224 valence electrons. The number of nitrogens with zero attached hydrogens (tertiary/aromatic N) is 4. The molecule has 0 unspecified atom stereocenters. The third kappa shape index (κ3) is 8.19. The highest BCUT2D eigenvalue weighted by atomic mass is 79.9. The molecule has 1 aliphatic carbocycles. The molecule has 1 atom stereocenters. The standard InChI is InChI=1S/C29H35BrFN7O4/c1-29(2,3)42-28(41)33-16-17-4-7-20(8-5-17)26(39)38(21-11-9-19(10-12-21)25-34-36-37-35-25)27(40)24(32)15-18-6-13-22(30)23(31)14-18/h6,9-14,17,20,24H,4-5,7-8,15-16,32H2,1-3H3,(H,33,41)(H,34,35,36,37)/t17?,20?,24-/m0/s1. The third-order valence-corrected chi connectivity index (χ3v) is 7.70. The number of carbonyl (C=O) groups is 3. The number of alkyl carbamates (subject to hydrolysis) is 1. The van der Waals surface area contributed by atoms with Gasteiger partial charge in [0.15, 0.2) is 0 Å². The average Bonchev–Trinajstić information content (AvgIpc) is 3.49. The van der Waals surface area contributed by atoms with Crippen molar-refractivity contribution in [3.05, 3.63) is 58.3 Å². The molecule has 0 saturated heterocycles. The van der Waals surface area contributed by atoms with E-state index in [1.165, 1.54) is 6.07 Å². The SMILES string of the molecule is CC(C)(C)OC(=O)NCC1CCC(C(=O)N(C(=O)[C@@H](N)Cc2ccc(Br)c(F)c2)c2ccc(-c3nn[nH]n3)cc2)CC1. The van der Waals surface area contributed by atoms with Gasteiger partial charge in [0.1, 0.15) is 11.4 Å². The van der Waals surface area contributed by atoms with E-state index in [4.69, 9.17) is 10.5 Å². The molecular formula is C29H35BrFN7O4. The molecule has 1 fully saturated rings. The lowest BCUT2D eigenvalue weighted by molar-refractivity contribution is -0.130. The van der Waals surface area contributed by atoms with Gasteiger partial charge in [-0.05, 0) is 122 Å². The lowest BCUT2D eigenvalue weighted by atomic mass is 9.81. The van der Waals surface area contributed by atoms with E-state index in [0.29, 0.717) is 59.3 Å². The van der Waals surface area contributed by atoms with Crippen molar-refractivity contribution in [2.45, 2.75) is 64.5 Å². The van der Waals surface area contributed by atoms with Crippen molar-refractivity contribution in [2.24, 2.45) is 17.6 Å². The average molecular weight is 645 g/mol. The van der Waals surface area contributed by atoms with Crippen LogP contribution in [0.2, 0.25) is 0 Å². The van der Waals surface area contributed by atoms with E-state index >= 15 is 0 Å². The fraction of sp³-hybridized carbons (Fsp3) is 0.448. The number of benzene rings is 2. The maximum absolute atomic E-state index is 14.1. The molecule has 4 N–H and O–H groups in total. The fourth-order valence-electron chi connectivity index (χ4n) is 4.92. The Morgan fingerprint density at radius 1 is 1.14 bits per heavy atom. The second-order valence-corrected chi connectivity index (χ2v) is 12.3. The van der Waals surface area contributed by atoms with Crippen LogP contribution in [0.25, 0.3) is 11.4 Å². The highest BCUT2D eigenvalue weighted by Crippen LogP contribution is 2.32. The van der Waals surface area contributed by atoms with Gasteiger partial charge in [0.2, 0.25) is 11.7 Å². The molecule has 4 rings (SSSR count). The van der Waals surface area contributed by atoms with Gasteiger partial charge in [-0.15, -0.1) is 10.2 Å². The van der Waals surface area contributed by atoms with E-state index < -0.39 is 35.4 Å². The molecule has 3 aromatic rings. The number of nitrogens with one attached hydrogen (secondary N) is 2. The molecule has 2 aromatic carbocycles. The van der Waals surface area contributed by atoms with Gasteiger partial charge in [-0.1, -0.05) is 6.07 Å². The highest BCUT2D eigenvalue weighted by molar-refractivity contribution is 9.10. The first-order valence-corrected chi connectivity index (χ1v) is 14.6. The fourth-order valence-corrected chi connectivity index (χ4v) is 5.16. The lowest BCUT2D eigenvalue weighted by Crippen LogP contribution is -2.50. The minimum absolute atomic E-state index is 0.0524. The maximum atomic E-state index is 14.1. The number of amides is 3. The summed E-state index contributed by atoms with van der Waals surface area (Å²) in [6, 6.07) is 10.1. The first-order chi connectivity index (χ1) is 19.9. The summed E-state index contributed by atoms with van der Waals surface area (Å²) in [6.07, 6.45) is 2.09. The highest BCUT2D eigenvalue weighted by Gasteiger charge is 2.35. The first-order valence-electron chi connectivity index (χ1n) is 13.8. The minimum Gasteiger partial charge on any atom is -0.444 e. The van der Waals surface area contributed by atoms with Crippen molar-refractivity contribution in [2.75, 3.05) is 11.4 Å². The summed E-state index contributed by atoms with van der Waals surface area (Å²) in [5, 5.41) is 16.7. The van der Waals surface area contributed by atoms with Gasteiger partial charge in [-0.2, -0.15) is 5.21 Å². The van der Waals surface area contributed by atoms with Crippen LogP contribution in [0.3, 0.4) is 0 Å². The number of hydrogen-bond acceptors (Lipinski definition) is 8.